The van der Waals surface area contributed by atoms with Gasteiger partial charge in [0.25, 0.3) is 10.0 Å². The number of para-hydroxylation sites is 2. The van der Waals surface area contributed by atoms with Crippen molar-refractivity contribution in [3.63, 3.8) is 0 Å². The number of amidine groups is 1. The van der Waals surface area contributed by atoms with Crippen molar-refractivity contribution in [1.82, 2.24) is 0 Å². The lowest BCUT2D eigenvalue weighted by Gasteiger charge is -2.27. The third kappa shape index (κ3) is 3.26. The van der Waals surface area contributed by atoms with Crippen molar-refractivity contribution >= 4 is 39.0 Å². The predicted molar refractivity (Wildman–Crippen MR) is 103 cm³/mol. The first-order valence-electron chi connectivity index (χ1n) is 8.23. The zero-order valence-electron chi connectivity index (χ0n) is 13.8. The van der Waals surface area contributed by atoms with Crippen LogP contribution in [0.1, 0.15) is 13.3 Å². The number of rotatable bonds is 2. The maximum absolute atomic E-state index is 12.4. The van der Waals surface area contributed by atoms with E-state index in [0.717, 1.165) is 18.7 Å². The van der Waals surface area contributed by atoms with Crippen molar-refractivity contribution in [3.8, 4) is 0 Å². The van der Waals surface area contributed by atoms with E-state index < -0.39 is 10.0 Å². The molecule has 0 radical (unpaired) electrons. The second kappa shape index (κ2) is 6.38. The standard InChI is InChI=1S/C18H19N3O2S2/c1-13-10-11-21(15-7-3-4-8-16(15)24-13)12-18-19-14-6-2-5-9-17(14)25(22,23)20-18/h2-9,13H,10-12H2,1H3,(H,19,20)/t13-/m1/s1. The van der Waals surface area contributed by atoms with E-state index in [0.29, 0.717) is 23.3 Å². The van der Waals surface area contributed by atoms with Crippen molar-refractivity contribution in [3.05, 3.63) is 48.5 Å². The van der Waals surface area contributed by atoms with Crippen LogP contribution in [0.3, 0.4) is 0 Å². The summed E-state index contributed by atoms with van der Waals surface area (Å²) in [6.07, 6.45) is 1.04. The van der Waals surface area contributed by atoms with Crippen molar-refractivity contribution in [1.29, 1.82) is 0 Å². The summed E-state index contributed by atoms with van der Waals surface area (Å²) < 4.78 is 28.9. The lowest BCUT2D eigenvalue weighted by atomic mass is 10.2. The Kier molecular flexibility index (Phi) is 4.21. The second-order valence-corrected chi connectivity index (χ2v) is 9.29. The summed E-state index contributed by atoms with van der Waals surface area (Å²) in [7, 11) is -3.65. The van der Waals surface area contributed by atoms with E-state index in [1.54, 1.807) is 18.2 Å². The molecule has 0 fully saturated rings. The molecule has 5 nitrogen and oxygen atoms in total. The van der Waals surface area contributed by atoms with Crippen LogP contribution in [0, 0.1) is 0 Å². The van der Waals surface area contributed by atoms with Crippen LogP contribution in [-0.4, -0.2) is 32.6 Å². The molecule has 0 bridgehead atoms. The second-order valence-electron chi connectivity index (χ2n) is 6.24. The molecule has 1 N–H and O–H groups in total. The fourth-order valence-electron chi connectivity index (χ4n) is 3.13. The van der Waals surface area contributed by atoms with E-state index in [4.69, 9.17) is 0 Å². The molecule has 0 unspecified atom stereocenters. The number of anilines is 2. The summed E-state index contributed by atoms with van der Waals surface area (Å²) in [5.41, 5.74) is 1.73. The monoisotopic (exact) mass is 373 g/mol. The van der Waals surface area contributed by atoms with Crippen molar-refractivity contribution in [2.45, 2.75) is 28.4 Å². The van der Waals surface area contributed by atoms with Crippen LogP contribution in [0.5, 0.6) is 0 Å². The molecule has 0 saturated heterocycles. The maximum Gasteiger partial charge on any atom is 0.286 e. The molecule has 0 aliphatic carbocycles. The number of thioether (sulfide) groups is 1. The highest BCUT2D eigenvalue weighted by Crippen LogP contribution is 2.37. The quantitative estimate of drug-likeness (QED) is 0.872. The SMILES string of the molecule is C[C@@H]1CCN(CC2=NS(=O)(=O)c3ccccc3N2)c2ccccc2S1. The van der Waals surface area contributed by atoms with Gasteiger partial charge in [-0.1, -0.05) is 31.2 Å². The first-order chi connectivity index (χ1) is 12.0. The number of fused-ring (bicyclic) bond motifs is 2. The molecule has 2 aromatic rings. The topological polar surface area (TPSA) is 61.8 Å². The van der Waals surface area contributed by atoms with E-state index in [2.05, 4.69) is 33.7 Å². The van der Waals surface area contributed by atoms with Gasteiger partial charge in [-0.3, -0.25) is 0 Å². The largest absolute Gasteiger partial charge is 0.363 e. The number of nitrogens with one attached hydrogen (secondary N) is 1. The molecule has 4 rings (SSSR count). The Labute approximate surface area is 152 Å². The Hall–Kier alpha value is -1.99. The van der Waals surface area contributed by atoms with E-state index in [9.17, 15) is 8.42 Å². The lowest BCUT2D eigenvalue weighted by molar-refractivity contribution is 0.597. The average Bonchev–Trinajstić information content (AvgIpc) is 2.73. The fourth-order valence-corrected chi connectivity index (χ4v) is 5.40. The number of hydrogen-bond acceptors (Lipinski definition) is 5. The van der Waals surface area contributed by atoms with Gasteiger partial charge in [0.05, 0.1) is 17.9 Å². The fraction of sp³-hybridized carbons (Fsp3) is 0.278. The Bertz CT molecular complexity index is 941. The minimum atomic E-state index is -3.65. The highest BCUT2D eigenvalue weighted by Gasteiger charge is 2.27. The summed E-state index contributed by atoms with van der Waals surface area (Å²) in [5.74, 6) is 0.466. The summed E-state index contributed by atoms with van der Waals surface area (Å²) >= 11 is 1.87. The minimum absolute atomic E-state index is 0.235. The van der Waals surface area contributed by atoms with Crippen LogP contribution in [0.25, 0.3) is 0 Å². The zero-order valence-corrected chi connectivity index (χ0v) is 15.5. The van der Waals surface area contributed by atoms with E-state index >= 15 is 0 Å². The van der Waals surface area contributed by atoms with E-state index in [1.165, 1.54) is 4.90 Å². The van der Waals surface area contributed by atoms with Gasteiger partial charge in [0, 0.05) is 16.7 Å². The molecule has 0 spiro atoms. The summed E-state index contributed by atoms with van der Waals surface area (Å²) in [5, 5.41) is 3.71. The smallest absolute Gasteiger partial charge is 0.286 e. The number of nitrogens with zero attached hydrogens (tertiary/aromatic N) is 2. The molecule has 1 atom stereocenters. The highest BCUT2D eigenvalue weighted by atomic mass is 32.2. The van der Waals surface area contributed by atoms with Crippen LogP contribution < -0.4 is 10.2 Å². The molecule has 130 valence electrons. The van der Waals surface area contributed by atoms with Crippen LogP contribution in [0.15, 0.2) is 62.7 Å². The first kappa shape index (κ1) is 16.5. The van der Waals surface area contributed by atoms with Gasteiger partial charge in [0.1, 0.15) is 10.7 Å². The van der Waals surface area contributed by atoms with Gasteiger partial charge in [-0.05, 0) is 30.7 Å². The van der Waals surface area contributed by atoms with Gasteiger partial charge in [-0.2, -0.15) is 8.42 Å². The van der Waals surface area contributed by atoms with Gasteiger partial charge >= 0.3 is 0 Å². The van der Waals surface area contributed by atoms with Gasteiger partial charge < -0.3 is 10.2 Å². The molecule has 2 aliphatic heterocycles. The van der Waals surface area contributed by atoms with Gasteiger partial charge in [0.15, 0.2) is 0 Å². The minimum Gasteiger partial charge on any atom is -0.363 e. The maximum atomic E-state index is 12.4. The molecule has 25 heavy (non-hydrogen) atoms. The molecular formula is C18H19N3O2S2. The Morgan fingerprint density at radius 3 is 2.84 bits per heavy atom. The molecular weight excluding hydrogens is 354 g/mol. The molecule has 0 saturated carbocycles. The third-order valence-electron chi connectivity index (χ3n) is 4.35. The predicted octanol–water partition coefficient (Wildman–Crippen LogP) is 3.59. The van der Waals surface area contributed by atoms with E-state index in [1.807, 2.05) is 30.0 Å². The van der Waals surface area contributed by atoms with E-state index in [-0.39, 0.29) is 4.90 Å². The number of benzene rings is 2. The van der Waals surface area contributed by atoms with Crippen molar-refractivity contribution < 1.29 is 8.42 Å². The van der Waals surface area contributed by atoms with Gasteiger partial charge in [-0.15, -0.1) is 16.2 Å². The van der Waals surface area contributed by atoms with Gasteiger partial charge in [-0.25, -0.2) is 0 Å². The molecule has 0 amide bonds. The van der Waals surface area contributed by atoms with Gasteiger partial charge in [0.2, 0.25) is 0 Å². The molecule has 2 aromatic carbocycles. The normalized spacial score (nSPS) is 21.4. The van der Waals surface area contributed by atoms with Crippen molar-refractivity contribution in [2.24, 2.45) is 4.40 Å². The molecule has 2 aliphatic rings. The third-order valence-corrected chi connectivity index (χ3v) is 6.96. The Balaban J connectivity index is 1.66. The molecule has 0 aromatic heterocycles. The average molecular weight is 374 g/mol. The van der Waals surface area contributed by atoms with Crippen LogP contribution >= 0.6 is 11.8 Å². The summed E-state index contributed by atoms with van der Waals surface area (Å²) in [6.45, 7) is 3.54. The number of sulfonamides is 1. The zero-order chi connectivity index (χ0) is 17.4. The Morgan fingerprint density at radius 2 is 1.96 bits per heavy atom. The Morgan fingerprint density at radius 1 is 1.20 bits per heavy atom. The lowest BCUT2D eigenvalue weighted by Crippen LogP contribution is -2.36. The first-order valence-corrected chi connectivity index (χ1v) is 10.6. The molecule has 7 heteroatoms. The summed E-state index contributed by atoms with van der Waals surface area (Å²) in [6, 6.07) is 15.2. The highest BCUT2D eigenvalue weighted by molar-refractivity contribution is 8.00. The number of hydrogen-bond donors (Lipinski definition) is 1. The summed E-state index contributed by atoms with van der Waals surface area (Å²) in [4.78, 5) is 3.67. The van der Waals surface area contributed by atoms with Crippen molar-refractivity contribution in [2.75, 3.05) is 23.3 Å². The van der Waals surface area contributed by atoms with Crippen LogP contribution in [-0.2, 0) is 10.0 Å². The molecule has 2 heterocycles. The van der Waals surface area contributed by atoms with Crippen LogP contribution in [0.2, 0.25) is 0 Å². The van der Waals surface area contributed by atoms with Crippen LogP contribution in [0.4, 0.5) is 11.4 Å².